The summed E-state index contributed by atoms with van der Waals surface area (Å²) in [5, 5.41) is 11.3. The van der Waals surface area contributed by atoms with Crippen LogP contribution in [0.3, 0.4) is 0 Å². The van der Waals surface area contributed by atoms with E-state index in [0.29, 0.717) is 5.56 Å². The molecule has 1 saturated heterocycles. The SMILES string of the molecule is CCOP(=O)(C=C[C@H]1O[C@@H](n2nnc3c(NC(=O)c4ccccc4)ncnc32)[C@](C)(OC(=O)c2ccccc2)[C@@H]1OC(=O)c1ccccc1)OCC. The molecule has 0 spiro atoms. The van der Waals surface area contributed by atoms with Crippen molar-refractivity contribution in [2.45, 2.75) is 44.8 Å². The Balaban J connectivity index is 1.45. The van der Waals surface area contributed by atoms with Crippen LogP contribution >= 0.6 is 7.60 Å². The van der Waals surface area contributed by atoms with Crippen molar-refractivity contribution in [1.82, 2.24) is 25.0 Å². The Kier molecular flexibility index (Phi) is 11.0. The average Bonchev–Trinajstić information content (AvgIpc) is 3.70. The molecular weight excluding hydrogens is 691 g/mol. The van der Waals surface area contributed by atoms with E-state index in [9.17, 15) is 18.9 Å². The quantitative estimate of drug-likeness (QED) is 0.110. The molecule has 5 aromatic rings. The molecule has 0 aliphatic carbocycles. The zero-order valence-corrected chi connectivity index (χ0v) is 29.3. The number of carbonyl (C=O) groups excluding carboxylic acids is 3. The summed E-state index contributed by atoms with van der Waals surface area (Å²) in [6.07, 6.45) is -1.36. The molecule has 0 saturated carbocycles. The molecular formula is C36H35N6O9P. The molecule has 4 atom stereocenters. The van der Waals surface area contributed by atoms with E-state index in [4.69, 9.17) is 23.3 Å². The van der Waals surface area contributed by atoms with E-state index in [1.54, 1.807) is 105 Å². The van der Waals surface area contributed by atoms with Crippen LogP contribution in [-0.2, 0) is 27.8 Å². The summed E-state index contributed by atoms with van der Waals surface area (Å²) in [6.45, 7) is 5.03. The topological polar surface area (TPSA) is 183 Å². The first-order valence-electron chi connectivity index (χ1n) is 16.4. The fourth-order valence-corrected chi connectivity index (χ4v) is 6.96. The first-order chi connectivity index (χ1) is 25.2. The third-order valence-electron chi connectivity index (χ3n) is 8.03. The van der Waals surface area contributed by atoms with Crippen LogP contribution in [0.5, 0.6) is 0 Å². The van der Waals surface area contributed by atoms with Crippen molar-refractivity contribution in [2.24, 2.45) is 0 Å². The molecule has 0 bridgehead atoms. The molecule has 0 unspecified atom stereocenters. The first-order valence-corrected chi connectivity index (χ1v) is 18.0. The maximum atomic E-state index is 13.8. The van der Waals surface area contributed by atoms with E-state index in [1.807, 2.05) is 0 Å². The molecule has 52 heavy (non-hydrogen) atoms. The largest absolute Gasteiger partial charge is 0.451 e. The van der Waals surface area contributed by atoms with Crippen LogP contribution in [0.15, 0.2) is 109 Å². The summed E-state index contributed by atoms with van der Waals surface area (Å²) in [5.41, 5.74) is -0.832. The Morgan fingerprint density at radius 3 is 2.04 bits per heavy atom. The lowest BCUT2D eigenvalue weighted by molar-refractivity contribution is -0.112. The van der Waals surface area contributed by atoms with E-state index in [-0.39, 0.29) is 41.3 Å². The Labute approximate surface area is 298 Å². The number of fused-ring (bicyclic) bond motifs is 1. The molecule has 15 nitrogen and oxygen atoms in total. The minimum absolute atomic E-state index is 0.0592. The number of rotatable bonds is 13. The highest BCUT2D eigenvalue weighted by Crippen LogP contribution is 2.51. The molecule has 1 aliphatic rings. The Hall–Kier alpha value is -5.60. The van der Waals surface area contributed by atoms with Gasteiger partial charge in [0.15, 0.2) is 34.9 Å². The fraction of sp³-hybridized carbons (Fsp3) is 0.250. The van der Waals surface area contributed by atoms with Gasteiger partial charge in [-0.2, -0.15) is 4.68 Å². The average molecular weight is 727 g/mol. The number of nitrogens with one attached hydrogen (secondary N) is 1. The maximum Gasteiger partial charge on any atom is 0.353 e. The minimum atomic E-state index is -3.78. The van der Waals surface area contributed by atoms with Gasteiger partial charge in [0.05, 0.1) is 24.3 Å². The van der Waals surface area contributed by atoms with E-state index in [0.717, 1.165) is 0 Å². The van der Waals surface area contributed by atoms with Gasteiger partial charge in [-0.3, -0.25) is 9.36 Å². The number of carbonyl (C=O) groups is 3. The van der Waals surface area contributed by atoms with Crippen molar-refractivity contribution in [1.29, 1.82) is 0 Å². The predicted molar refractivity (Wildman–Crippen MR) is 187 cm³/mol. The zero-order chi connectivity index (χ0) is 36.7. The second-order valence-electron chi connectivity index (χ2n) is 11.5. The molecule has 1 N–H and O–H groups in total. The number of hydrogen-bond acceptors (Lipinski definition) is 13. The molecule has 1 amide bonds. The van der Waals surface area contributed by atoms with Gasteiger partial charge >= 0.3 is 19.5 Å². The summed E-state index contributed by atoms with van der Waals surface area (Å²) >= 11 is 0. The molecule has 3 heterocycles. The molecule has 16 heteroatoms. The van der Waals surface area contributed by atoms with Gasteiger partial charge in [-0.05, 0) is 63.2 Å². The van der Waals surface area contributed by atoms with Crippen molar-refractivity contribution in [3.8, 4) is 0 Å². The summed E-state index contributed by atoms with van der Waals surface area (Å²) in [7, 11) is -3.78. The molecule has 268 valence electrons. The zero-order valence-electron chi connectivity index (χ0n) is 28.4. The van der Waals surface area contributed by atoms with Gasteiger partial charge < -0.3 is 28.6 Å². The Morgan fingerprint density at radius 1 is 0.865 bits per heavy atom. The molecule has 0 radical (unpaired) electrons. The van der Waals surface area contributed by atoms with Crippen LogP contribution in [0, 0.1) is 0 Å². The molecule has 3 aromatic carbocycles. The highest BCUT2D eigenvalue weighted by atomic mass is 31.2. The van der Waals surface area contributed by atoms with Gasteiger partial charge in [0, 0.05) is 11.4 Å². The van der Waals surface area contributed by atoms with Crippen molar-refractivity contribution in [3.05, 3.63) is 126 Å². The fourth-order valence-electron chi connectivity index (χ4n) is 5.61. The smallest absolute Gasteiger partial charge is 0.353 e. The number of ether oxygens (including phenoxy) is 3. The molecule has 1 aliphatic heterocycles. The van der Waals surface area contributed by atoms with Crippen LogP contribution in [-0.4, -0.2) is 73.8 Å². The van der Waals surface area contributed by atoms with Crippen molar-refractivity contribution < 1.29 is 42.2 Å². The minimum Gasteiger partial charge on any atom is -0.451 e. The highest BCUT2D eigenvalue weighted by Gasteiger charge is 2.60. The summed E-state index contributed by atoms with van der Waals surface area (Å²) < 4.78 is 44.4. The number of benzene rings is 3. The van der Waals surface area contributed by atoms with Crippen LogP contribution < -0.4 is 5.32 Å². The number of aromatic nitrogens is 5. The van der Waals surface area contributed by atoms with Crippen LogP contribution in [0.4, 0.5) is 5.82 Å². The number of hydrogen-bond donors (Lipinski definition) is 1. The van der Waals surface area contributed by atoms with E-state index in [1.165, 1.54) is 29.8 Å². The van der Waals surface area contributed by atoms with Gasteiger partial charge in [0.2, 0.25) is 0 Å². The van der Waals surface area contributed by atoms with E-state index < -0.39 is 49.5 Å². The number of amides is 1. The van der Waals surface area contributed by atoms with Gasteiger partial charge in [0.25, 0.3) is 5.91 Å². The summed E-state index contributed by atoms with van der Waals surface area (Å²) in [4.78, 5) is 49.0. The second kappa shape index (κ2) is 15.7. The van der Waals surface area contributed by atoms with Crippen LogP contribution in [0.2, 0.25) is 0 Å². The van der Waals surface area contributed by atoms with Crippen molar-refractivity contribution >= 4 is 42.4 Å². The van der Waals surface area contributed by atoms with Crippen LogP contribution in [0.25, 0.3) is 11.2 Å². The lowest BCUT2D eigenvalue weighted by Gasteiger charge is -2.34. The van der Waals surface area contributed by atoms with E-state index >= 15 is 0 Å². The number of esters is 2. The summed E-state index contributed by atoms with van der Waals surface area (Å²) in [6, 6.07) is 25.0. The molecule has 6 rings (SSSR count). The maximum absolute atomic E-state index is 13.8. The Bertz CT molecular complexity index is 2110. The van der Waals surface area contributed by atoms with Gasteiger partial charge in [-0.15, -0.1) is 5.10 Å². The Morgan fingerprint density at radius 2 is 1.44 bits per heavy atom. The van der Waals surface area contributed by atoms with Gasteiger partial charge in [-0.25, -0.2) is 19.6 Å². The van der Waals surface area contributed by atoms with Crippen molar-refractivity contribution in [2.75, 3.05) is 18.5 Å². The lowest BCUT2D eigenvalue weighted by Crippen LogP contribution is -2.49. The summed E-state index contributed by atoms with van der Waals surface area (Å²) in [5.74, 6) is -0.672. The standard InChI is InChI=1S/C36H35N6O9P/c1-4-47-52(46,48-5-2)22-21-27-29(50-33(44)25-17-11-7-12-18-25)36(3,51-34(45)26-19-13-8-14-20-26)35(49-27)42-31-28(40-41-42)30(37-23-38-31)39-32(43)24-15-9-6-10-16-24/h6-23,27,29,35H,4-5H2,1-3H3,(H,37,38,39,43)/t27-,29-,35-,36-/m1/s1. The van der Waals surface area contributed by atoms with Gasteiger partial charge in [0.1, 0.15) is 12.4 Å². The normalized spacial score (nSPS) is 20.2. The second-order valence-corrected chi connectivity index (χ2v) is 13.4. The molecule has 1 fully saturated rings. The predicted octanol–water partition coefficient (Wildman–Crippen LogP) is 5.99. The van der Waals surface area contributed by atoms with Crippen molar-refractivity contribution in [3.63, 3.8) is 0 Å². The van der Waals surface area contributed by atoms with Gasteiger partial charge in [-0.1, -0.05) is 59.8 Å². The van der Waals surface area contributed by atoms with Crippen LogP contribution in [0.1, 0.15) is 58.1 Å². The number of anilines is 1. The third kappa shape index (κ3) is 7.67. The first kappa shape index (κ1) is 36.2. The third-order valence-corrected chi connectivity index (χ3v) is 9.81. The number of nitrogens with zero attached hydrogens (tertiary/aromatic N) is 5. The lowest BCUT2D eigenvalue weighted by atomic mass is 9.95. The van der Waals surface area contributed by atoms with E-state index in [2.05, 4.69) is 25.6 Å². The molecule has 2 aromatic heterocycles. The highest BCUT2D eigenvalue weighted by molar-refractivity contribution is 7.57. The monoisotopic (exact) mass is 726 g/mol.